The Hall–Kier alpha value is 0.220. The van der Waals surface area contributed by atoms with Crippen LogP contribution in [0.3, 0.4) is 0 Å². The van der Waals surface area contributed by atoms with Crippen molar-refractivity contribution in [2.45, 2.75) is 38.2 Å². The molecule has 0 bridgehead atoms. The lowest BCUT2D eigenvalue weighted by Gasteiger charge is -2.50. The van der Waals surface area contributed by atoms with E-state index in [1.54, 1.807) is 0 Å². The van der Waals surface area contributed by atoms with Gasteiger partial charge in [-0.05, 0) is 23.7 Å². The maximum atomic E-state index is 11.3. The molecule has 21 heavy (non-hydrogen) atoms. The van der Waals surface area contributed by atoms with Gasteiger partial charge < -0.3 is 29.6 Å². The van der Waals surface area contributed by atoms with Crippen LogP contribution in [0.25, 0.3) is 0 Å². The highest BCUT2D eigenvalue weighted by molar-refractivity contribution is 7.72. The minimum Gasteiger partial charge on any atom is -0.367 e. The number of aliphatic hydroxyl groups is 1. The fraction of sp³-hybridized carbons (Fsp3) is 1.00. The van der Waals surface area contributed by atoms with Crippen LogP contribution in [0.4, 0.5) is 0 Å². The topological polar surface area (TPSA) is 139 Å². The summed E-state index contributed by atoms with van der Waals surface area (Å²) in [6.07, 6.45) is 1.48. The summed E-state index contributed by atoms with van der Waals surface area (Å²) in [5.41, 5.74) is 0.269. The Morgan fingerprint density at radius 3 is 1.67 bits per heavy atom. The molecule has 2 unspecified atom stereocenters. The minimum atomic E-state index is -5.35. The average molecular weight is 343 g/mol. The highest BCUT2D eigenvalue weighted by Crippen LogP contribution is 2.69. The van der Waals surface area contributed by atoms with Crippen molar-refractivity contribution in [3.8, 4) is 0 Å². The SMILES string of the molecule is CC12CCC1(C)CN(CCC(O)(P(=O)(O)O)P(=O)(O)O)C2. The van der Waals surface area contributed by atoms with E-state index in [-0.39, 0.29) is 17.4 Å². The second-order valence-electron chi connectivity index (χ2n) is 6.94. The Labute approximate surface area is 123 Å². The van der Waals surface area contributed by atoms with Crippen LogP contribution in [0, 0.1) is 10.8 Å². The molecule has 1 aliphatic carbocycles. The van der Waals surface area contributed by atoms with Gasteiger partial charge in [-0.25, -0.2) is 0 Å². The number of fused-ring (bicyclic) bond motifs is 1. The number of nitrogens with zero attached hydrogens (tertiary/aromatic N) is 1. The van der Waals surface area contributed by atoms with Gasteiger partial charge in [0.05, 0.1) is 0 Å². The highest BCUT2D eigenvalue weighted by atomic mass is 31.2. The molecule has 0 amide bonds. The summed E-state index contributed by atoms with van der Waals surface area (Å²) in [7, 11) is -10.7. The third-order valence-electron chi connectivity index (χ3n) is 5.53. The lowest BCUT2D eigenvalue weighted by Crippen LogP contribution is -2.45. The van der Waals surface area contributed by atoms with Gasteiger partial charge in [0.2, 0.25) is 0 Å². The Balaban J connectivity index is 2.08. The van der Waals surface area contributed by atoms with E-state index in [0.717, 1.165) is 12.8 Å². The van der Waals surface area contributed by atoms with Crippen molar-refractivity contribution in [2.24, 2.45) is 10.8 Å². The fourth-order valence-electron chi connectivity index (χ4n) is 3.49. The summed E-state index contributed by atoms with van der Waals surface area (Å²) in [5.74, 6) is 0. The number of hydrogen-bond acceptors (Lipinski definition) is 4. The summed E-state index contributed by atoms with van der Waals surface area (Å²) in [6, 6.07) is 0. The molecule has 1 saturated carbocycles. The van der Waals surface area contributed by atoms with Gasteiger partial charge in [-0.2, -0.15) is 0 Å². The molecule has 2 fully saturated rings. The Kier molecular flexibility index (Phi) is 4.06. The van der Waals surface area contributed by atoms with E-state index in [1.807, 2.05) is 4.90 Å². The summed E-state index contributed by atoms with van der Waals surface area (Å²) in [6.45, 7) is 5.75. The zero-order valence-corrected chi connectivity index (χ0v) is 13.9. The molecule has 1 aliphatic heterocycles. The van der Waals surface area contributed by atoms with Crippen LogP contribution in [-0.2, 0) is 9.13 Å². The average Bonchev–Trinajstić information content (AvgIpc) is 2.46. The van der Waals surface area contributed by atoms with E-state index in [4.69, 9.17) is 19.6 Å². The van der Waals surface area contributed by atoms with Gasteiger partial charge in [0.15, 0.2) is 0 Å². The molecule has 0 aromatic heterocycles. The Morgan fingerprint density at radius 2 is 1.38 bits per heavy atom. The zero-order valence-electron chi connectivity index (χ0n) is 12.1. The molecule has 5 N–H and O–H groups in total. The Bertz CT molecular complexity index is 489. The van der Waals surface area contributed by atoms with Gasteiger partial charge >= 0.3 is 15.2 Å². The van der Waals surface area contributed by atoms with Gasteiger partial charge in [0, 0.05) is 26.1 Å². The molecule has 8 nitrogen and oxygen atoms in total. The van der Waals surface area contributed by atoms with Crippen LogP contribution in [0.5, 0.6) is 0 Å². The molecular weight excluding hydrogens is 320 g/mol. The molecule has 1 heterocycles. The van der Waals surface area contributed by atoms with Crippen LogP contribution in [0.1, 0.15) is 33.1 Å². The van der Waals surface area contributed by atoms with Gasteiger partial charge in [-0.1, -0.05) is 13.8 Å². The van der Waals surface area contributed by atoms with Crippen molar-refractivity contribution < 1.29 is 33.8 Å². The van der Waals surface area contributed by atoms with Crippen molar-refractivity contribution in [1.29, 1.82) is 0 Å². The molecule has 124 valence electrons. The molecule has 0 spiro atoms. The predicted octanol–water partition coefficient (Wildman–Crippen LogP) is 0.500. The maximum Gasteiger partial charge on any atom is 0.369 e. The largest absolute Gasteiger partial charge is 0.369 e. The highest BCUT2D eigenvalue weighted by Gasteiger charge is 2.61. The first-order valence-corrected chi connectivity index (χ1v) is 10.0. The smallest absolute Gasteiger partial charge is 0.367 e. The number of hydrogen-bond donors (Lipinski definition) is 5. The van der Waals surface area contributed by atoms with E-state index in [2.05, 4.69) is 13.8 Å². The molecule has 1 saturated heterocycles. The van der Waals surface area contributed by atoms with Crippen LogP contribution in [0.2, 0.25) is 0 Å². The molecule has 2 atom stereocenters. The second-order valence-corrected chi connectivity index (χ2v) is 11.0. The van der Waals surface area contributed by atoms with Gasteiger partial charge in [-0.3, -0.25) is 9.13 Å². The summed E-state index contributed by atoms with van der Waals surface area (Å²) >= 11 is 0. The monoisotopic (exact) mass is 343 g/mol. The molecule has 2 rings (SSSR count). The predicted molar refractivity (Wildman–Crippen MR) is 75.5 cm³/mol. The van der Waals surface area contributed by atoms with E-state index in [1.165, 1.54) is 0 Å². The summed E-state index contributed by atoms with van der Waals surface area (Å²) < 4.78 is 22.6. The van der Waals surface area contributed by atoms with Crippen molar-refractivity contribution in [2.75, 3.05) is 19.6 Å². The van der Waals surface area contributed by atoms with Gasteiger partial charge in [0.1, 0.15) is 0 Å². The molecule has 0 aromatic rings. The third kappa shape index (κ3) is 2.66. The first-order chi connectivity index (χ1) is 9.24. The first-order valence-electron chi connectivity index (χ1n) is 6.80. The first kappa shape index (κ1) is 17.6. The van der Waals surface area contributed by atoms with Crippen LogP contribution >= 0.6 is 15.2 Å². The number of likely N-dealkylation sites (tertiary alicyclic amines) is 1. The van der Waals surface area contributed by atoms with Crippen molar-refractivity contribution in [3.63, 3.8) is 0 Å². The third-order valence-corrected chi connectivity index (χ3v) is 9.40. The second kappa shape index (κ2) is 4.86. The minimum absolute atomic E-state index is 0.0396. The fourth-order valence-corrected chi connectivity index (χ4v) is 5.63. The van der Waals surface area contributed by atoms with E-state index in [9.17, 15) is 14.2 Å². The zero-order chi connectivity index (χ0) is 16.3. The molecule has 2 aliphatic rings. The maximum absolute atomic E-state index is 11.3. The Morgan fingerprint density at radius 1 is 1.00 bits per heavy atom. The lowest BCUT2D eigenvalue weighted by atomic mass is 9.53. The standard InChI is InChI=1S/C11H23NO7P2/c1-9-3-4-10(9,2)8-12(7-9)6-5-11(13,20(14,15)16)21(17,18)19/h13H,3-8H2,1-2H3,(H2,14,15,16)(H2,17,18,19). The van der Waals surface area contributed by atoms with Gasteiger partial charge in [-0.15, -0.1) is 0 Å². The normalized spacial score (nSPS) is 34.6. The number of rotatable bonds is 5. The summed E-state index contributed by atoms with van der Waals surface area (Å²) in [4.78, 5) is 38.4. The molecule has 10 heteroatoms. The van der Waals surface area contributed by atoms with E-state index < -0.39 is 26.7 Å². The van der Waals surface area contributed by atoms with Crippen molar-refractivity contribution in [1.82, 2.24) is 4.90 Å². The molecule has 0 aromatic carbocycles. The van der Waals surface area contributed by atoms with Crippen LogP contribution in [0.15, 0.2) is 0 Å². The molecule has 0 radical (unpaired) electrons. The lowest BCUT2D eigenvalue weighted by molar-refractivity contribution is 0.00430. The molecular formula is C11H23NO7P2. The van der Waals surface area contributed by atoms with Crippen molar-refractivity contribution >= 4 is 15.2 Å². The van der Waals surface area contributed by atoms with Crippen LogP contribution in [-0.4, -0.2) is 54.3 Å². The van der Waals surface area contributed by atoms with Crippen LogP contribution < -0.4 is 0 Å². The van der Waals surface area contributed by atoms with E-state index in [0.29, 0.717) is 13.1 Å². The van der Waals surface area contributed by atoms with Gasteiger partial charge in [0.25, 0.3) is 5.08 Å². The quantitative estimate of drug-likeness (QED) is 0.455. The van der Waals surface area contributed by atoms with E-state index >= 15 is 0 Å². The summed E-state index contributed by atoms with van der Waals surface area (Å²) in [5, 5.41) is 6.57. The van der Waals surface area contributed by atoms with Crippen molar-refractivity contribution in [3.05, 3.63) is 0 Å².